The molecule has 3 N–H and O–H groups in total. The third-order valence-electron chi connectivity index (χ3n) is 2.13. The van der Waals surface area contributed by atoms with E-state index >= 15 is 0 Å². The largest absolute Gasteiger partial charge is 0.485 e. The normalized spacial score (nSPS) is 10.4. The Bertz CT molecular complexity index is 395. The van der Waals surface area contributed by atoms with Gasteiger partial charge in [0.15, 0.2) is 5.75 Å². The first-order chi connectivity index (χ1) is 8.06. The van der Waals surface area contributed by atoms with Crippen LogP contribution < -0.4 is 16.0 Å². The van der Waals surface area contributed by atoms with Gasteiger partial charge in [-0.15, -0.1) is 0 Å². The molecule has 7 heteroatoms. The number of likely N-dealkylation sites (N-methyl/N-ethyl adjacent to an activating group) is 1. The Morgan fingerprint density at radius 2 is 2.24 bits per heavy atom. The number of nitro benzene ring substituents is 1. The Kier molecular flexibility index (Phi) is 4.68. The molecule has 0 saturated heterocycles. The second kappa shape index (κ2) is 6.02. The first kappa shape index (κ1) is 13.2. The molecule has 0 bridgehead atoms. The molecule has 7 nitrogen and oxygen atoms in total. The summed E-state index contributed by atoms with van der Waals surface area (Å²) < 4.78 is 5.37. The molecule has 1 aromatic carbocycles. The summed E-state index contributed by atoms with van der Waals surface area (Å²) in [5.41, 5.74) is 2.37. The van der Waals surface area contributed by atoms with Crippen molar-refractivity contribution in [2.24, 2.45) is 5.84 Å². The van der Waals surface area contributed by atoms with Gasteiger partial charge in [-0.25, -0.2) is 0 Å². The van der Waals surface area contributed by atoms with E-state index in [1.807, 2.05) is 19.0 Å². The second-order valence-corrected chi connectivity index (χ2v) is 3.71. The van der Waals surface area contributed by atoms with Crippen LogP contribution in [0, 0.1) is 10.1 Å². The first-order valence-corrected chi connectivity index (χ1v) is 5.07. The Morgan fingerprint density at radius 1 is 1.53 bits per heavy atom. The van der Waals surface area contributed by atoms with Crippen molar-refractivity contribution in [3.8, 4) is 5.75 Å². The highest BCUT2D eigenvalue weighted by molar-refractivity contribution is 5.67. The molecule has 0 aromatic heterocycles. The SMILES string of the molecule is CN(C)CCOc1cccc(NN)c1[N+](=O)[O-]. The summed E-state index contributed by atoms with van der Waals surface area (Å²) >= 11 is 0. The summed E-state index contributed by atoms with van der Waals surface area (Å²) in [5, 5.41) is 10.9. The molecule has 17 heavy (non-hydrogen) atoms. The van der Waals surface area contributed by atoms with Crippen LogP contribution in [-0.2, 0) is 0 Å². The quantitative estimate of drug-likeness (QED) is 0.434. The number of hydrazine groups is 1. The number of anilines is 1. The fraction of sp³-hybridized carbons (Fsp3) is 0.400. The minimum atomic E-state index is -0.514. The van der Waals surface area contributed by atoms with E-state index in [2.05, 4.69) is 5.43 Å². The molecule has 0 spiro atoms. The van der Waals surface area contributed by atoms with Gasteiger partial charge in [0.05, 0.1) is 4.92 Å². The van der Waals surface area contributed by atoms with E-state index in [9.17, 15) is 10.1 Å². The van der Waals surface area contributed by atoms with Crippen LogP contribution in [0.5, 0.6) is 5.75 Å². The van der Waals surface area contributed by atoms with Crippen molar-refractivity contribution in [2.75, 3.05) is 32.7 Å². The maximum absolute atomic E-state index is 10.9. The summed E-state index contributed by atoms with van der Waals surface area (Å²) in [7, 11) is 3.80. The van der Waals surface area contributed by atoms with Gasteiger partial charge in [0.2, 0.25) is 0 Å². The van der Waals surface area contributed by atoms with Gasteiger partial charge in [-0.2, -0.15) is 0 Å². The van der Waals surface area contributed by atoms with E-state index in [4.69, 9.17) is 10.6 Å². The highest BCUT2D eigenvalue weighted by Crippen LogP contribution is 2.33. The van der Waals surface area contributed by atoms with E-state index in [1.54, 1.807) is 12.1 Å². The number of ether oxygens (including phenoxy) is 1. The number of nitrogen functional groups attached to an aromatic ring is 1. The third-order valence-corrected chi connectivity index (χ3v) is 2.13. The second-order valence-electron chi connectivity index (χ2n) is 3.71. The van der Waals surface area contributed by atoms with Crippen LogP contribution in [0.3, 0.4) is 0 Å². The summed E-state index contributed by atoms with van der Waals surface area (Å²) in [6.07, 6.45) is 0. The maximum Gasteiger partial charge on any atom is 0.335 e. The molecule has 0 atom stereocenters. The highest BCUT2D eigenvalue weighted by atomic mass is 16.6. The zero-order chi connectivity index (χ0) is 12.8. The van der Waals surface area contributed by atoms with Crippen molar-refractivity contribution >= 4 is 11.4 Å². The van der Waals surface area contributed by atoms with Crippen molar-refractivity contribution in [2.45, 2.75) is 0 Å². The minimum absolute atomic E-state index is 0.145. The lowest BCUT2D eigenvalue weighted by Gasteiger charge is -2.12. The van der Waals surface area contributed by atoms with Gasteiger partial charge in [0.25, 0.3) is 0 Å². The molecule has 0 saturated carbocycles. The van der Waals surface area contributed by atoms with E-state index in [0.29, 0.717) is 13.2 Å². The number of benzene rings is 1. The van der Waals surface area contributed by atoms with Crippen molar-refractivity contribution in [1.29, 1.82) is 0 Å². The van der Waals surface area contributed by atoms with Crippen LogP contribution in [0.15, 0.2) is 18.2 Å². The number of nitrogens with two attached hydrogens (primary N) is 1. The van der Waals surface area contributed by atoms with Gasteiger partial charge in [-0.1, -0.05) is 6.07 Å². The fourth-order valence-corrected chi connectivity index (χ4v) is 1.28. The van der Waals surface area contributed by atoms with E-state index in [1.165, 1.54) is 6.07 Å². The highest BCUT2D eigenvalue weighted by Gasteiger charge is 2.20. The van der Waals surface area contributed by atoms with Gasteiger partial charge < -0.3 is 15.1 Å². The van der Waals surface area contributed by atoms with E-state index < -0.39 is 4.92 Å². The molecule has 1 rings (SSSR count). The van der Waals surface area contributed by atoms with Crippen molar-refractivity contribution in [3.05, 3.63) is 28.3 Å². The molecule has 0 aliphatic rings. The number of nitrogens with one attached hydrogen (secondary N) is 1. The average molecular weight is 240 g/mol. The molecule has 0 heterocycles. The van der Waals surface area contributed by atoms with Crippen LogP contribution in [-0.4, -0.2) is 37.1 Å². The fourth-order valence-electron chi connectivity index (χ4n) is 1.28. The summed E-state index contributed by atoms with van der Waals surface area (Å²) in [6, 6.07) is 4.72. The van der Waals surface area contributed by atoms with Crippen LogP contribution in [0.1, 0.15) is 0 Å². The lowest BCUT2D eigenvalue weighted by Crippen LogP contribution is -2.20. The summed E-state index contributed by atoms with van der Waals surface area (Å²) in [5.74, 6) is 5.43. The van der Waals surface area contributed by atoms with Crippen LogP contribution in [0.25, 0.3) is 0 Å². The number of rotatable bonds is 6. The molecule has 94 valence electrons. The summed E-state index contributed by atoms with van der Waals surface area (Å²) in [6.45, 7) is 1.05. The molecule has 1 aromatic rings. The molecule has 0 radical (unpaired) electrons. The van der Waals surface area contributed by atoms with Crippen LogP contribution in [0.2, 0.25) is 0 Å². The predicted molar refractivity (Wildman–Crippen MR) is 65.0 cm³/mol. The molecule has 0 amide bonds. The van der Waals surface area contributed by atoms with E-state index in [-0.39, 0.29) is 17.1 Å². The standard InChI is InChI=1S/C10H16N4O3/c1-13(2)6-7-17-9-5-3-4-8(12-11)10(9)14(15)16/h3-5,12H,6-7,11H2,1-2H3. The number of hydrogen-bond donors (Lipinski definition) is 2. The lowest BCUT2D eigenvalue weighted by molar-refractivity contribution is -0.385. The molecule has 0 unspecified atom stereocenters. The molecule has 0 aliphatic carbocycles. The molecule has 0 fully saturated rings. The predicted octanol–water partition coefficient (Wildman–Crippen LogP) is 0.821. The molecular formula is C10H16N4O3. The topological polar surface area (TPSA) is 93.7 Å². The Hall–Kier alpha value is -1.86. The zero-order valence-electron chi connectivity index (χ0n) is 9.84. The number of nitrogens with zero attached hydrogens (tertiary/aromatic N) is 2. The van der Waals surface area contributed by atoms with Crippen molar-refractivity contribution < 1.29 is 9.66 Å². The number of hydrogen-bond acceptors (Lipinski definition) is 6. The number of nitro groups is 1. The van der Waals surface area contributed by atoms with Crippen LogP contribution >= 0.6 is 0 Å². The van der Waals surface area contributed by atoms with Crippen molar-refractivity contribution in [3.63, 3.8) is 0 Å². The Balaban J connectivity index is 2.87. The van der Waals surface area contributed by atoms with Gasteiger partial charge in [-0.05, 0) is 26.2 Å². The van der Waals surface area contributed by atoms with Gasteiger partial charge in [0.1, 0.15) is 12.3 Å². The molecule has 0 aliphatic heterocycles. The number of para-hydroxylation sites is 1. The lowest BCUT2D eigenvalue weighted by atomic mass is 10.2. The first-order valence-electron chi connectivity index (χ1n) is 5.07. The van der Waals surface area contributed by atoms with Gasteiger partial charge in [-0.3, -0.25) is 16.0 Å². The minimum Gasteiger partial charge on any atom is -0.485 e. The average Bonchev–Trinajstić information content (AvgIpc) is 2.27. The monoisotopic (exact) mass is 240 g/mol. The van der Waals surface area contributed by atoms with E-state index in [0.717, 1.165) is 0 Å². The van der Waals surface area contributed by atoms with Crippen molar-refractivity contribution in [1.82, 2.24) is 4.90 Å². The Labute approximate surface area is 99.3 Å². The van der Waals surface area contributed by atoms with Crippen LogP contribution in [0.4, 0.5) is 11.4 Å². The summed E-state index contributed by atoms with van der Waals surface area (Å²) in [4.78, 5) is 12.3. The third kappa shape index (κ3) is 3.58. The smallest absolute Gasteiger partial charge is 0.335 e. The Morgan fingerprint density at radius 3 is 2.76 bits per heavy atom. The molecular weight excluding hydrogens is 224 g/mol. The maximum atomic E-state index is 10.9. The van der Waals surface area contributed by atoms with Gasteiger partial charge in [0, 0.05) is 6.54 Å². The zero-order valence-corrected chi connectivity index (χ0v) is 9.84. The van der Waals surface area contributed by atoms with Gasteiger partial charge >= 0.3 is 5.69 Å².